The smallest absolute Gasteiger partial charge is 0.0146 e. The second-order valence-electron chi connectivity index (χ2n) is 5.14. The van der Waals surface area contributed by atoms with Crippen molar-refractivity contribution in [2.24, 2.45) is 0 Å². The van der Waals surface area contributed by atoms with Gasteiger partial charge in [-0.3, -0.25) is 0 Å². The molecule has 0 atom stereocenters. The van der Waals surface area contributed by atoms with Crippen molar-refractivity contribution in [3.05, 3.63) is 71.3 Å². The van der Waals surface area contributed by atoms with Crippen LogP contribution in [0.5, 0.6) is 0 Å². The Bertz CT molecular complexity index is 453. The average Bonchev–Trinajstić information content (AvgIpc) is 2.35. The monoisotopic (exact) mass is 240 g/mol. The maximum atomic E-state index is 2.27. The lowest BCUT2D eigenvalue weighted by molar-refractivity contribution is 0.639. The predicted octanol–water partition coefficient (Wildman–Crippen LogP) is 5.35. The van der Waals surface area contributed by atoms with Gasteiger partial charge in [-0.25, -0.2) is 0 Å². The summed E-state index contributed by atoms with van der Waals surface area (Å²) in [7, 11) is 0. The van der Waals surface area contributed by atoms with Crippen LogP contribution in [0.3, 0.4) is 0 Å². The fraction of sp³-hybridized carbons (Fsp3) is 0.333. The molecule has 0 N–H and O–H groups in total. The Morgan fingerprint density at radius 3 is 2.11 bits per heavy atom. The fourth-order valence-corrected chi connectivity index (χ4v) is 1.99. The van der Waals surface area contributed by atoms with Crippen LogP contribution in [0.15, 0.2) is 60.2 Å². The third-order valence-electron chi connectivity index (χ3n) is 3.31. The van der Waals surface area contributed by atoms with Gasteiger partial charge in [0.15, 0.2) is 0 Å². The Labute approximate surface area is 112 Å². The largest absolute Gasteiger partial charge is 0.0877 e. The quantitative estimate of drug-likeness (QED) is 0.622. The lowest BCUT2D eigenvalue weighted by Gasteiger charge is -2.27. The molecule has 1 rings (SSSR count). The first-order valence-corrected chi connectivity index (χ1v) is 6.55. The number of hydrogen-bond acceptors (Lipinski definition) is 0. The van der Waals surface area contributed by atoms with E-state index in [1.165, 1.54) is 16.7 Å². The van der Waals surface area contributed by atoms with E-state index in [9.17, 15) is 0 Å². The van der Waals surface area contributed by atoms with Crippen molar-refractivity contribution in [1.29, 1.82) is 0 Å². The maximum Gasteiger partial charge on any atom is 0.0146 e. The number of rotatable bonds is 4. The molecule has 0 aliphatic rings. The zero-order chi connectivity index (χ0) is 13.6. The van der Waals surface area contributed by atoms with Crippen molar-refractivity contribution in [1.82, 2.24) is 0 Å². The van der Waals surface area contributed by atoms with Crippen LogP contribution in [0.2, 0.25) is 0 Å². The van der Waals surface area contributed by atoms with Crippen LogP contribution >= 0.6 is 0 Å². The molecule has 0 aromatic heterocycles. The molecule has 0 unspecified atom stereocenters. The lowest BCUT2D eigenvalue weighted by Crippen LogP contribution is -2.19. The topological polar surface area (TPSA) is 0 Å². The van der Waals surface area contributed by atoms with Crippen molar-refractivity contribution in [2.75, 3.05) is 0 Å². The third kappa shape index (κ3) is 3.46. The summed E-state index contributed by atoms with van der Waals surface area (Å²) in [5, 5.41) is 0. The van der Waals surface area contributed by atoms with E-state index in [1.54, 1.807) is 0 Å². The number of allylic oxidation sites excluding steroid dienone is 6. The summed E-state index contributed by atoms with van der Waals surface area (Å²) in [6, 6.07) is 8.81. The fourth-order valence-electron chi connectivity index (χ4n) is 1.99. The highest BCUT2D eigenvalue weighted by molar-refractivity contribution is 5.42. The Morgan fingerprint density at radius 2 is 1.61 bits per heavy atom. The average molecular weight is 240 g/mol. The highest BCUT2D eigenvalue weighted by Crippen LogP contribution is 2.32. The minimum Gasteiger partial charge on any atom is -0.0877 e. The molecule has 0 nitrogen and oxygen atoms in total. The van der Waals surface area contributed by atoms with Crippen LogP contribution in [0.4, 0.5) is 0 Å². The van der Waals surface area contributed by atoms with Gasteiger partial charge in [-0.2, -0.15) is 0 Å². The molecule has 1 aromatic rings. The van der Waals surface area contributed by atoms with Crippen LogP contribution in [-0.2, 0) is 5.41 Å². The van der Waals surface area contributed by atoms with E-state index >= 15 is 0 Å². The molecule has 0 amide bonds. The molecular formula is C18H24. The molecule has 1 aromatic carbocycles. The first-order chi connectivity index (χ1) is 8.52. The van der Waals surface area contributed by atoms with Gasteiger partial charge >= 0.3 is 0 Å². The molecule has 0 bridgehead atoms. The molecule has 0 saturated heterocycles. The third-order valence-corrected chi connectivity index (χ3v) is 3.31. The van der Waals surface area contributed by atoms with E-state index in [2.05, 4.69) is 82.3 Å². The molecule has 96 valence electrons. The first-order valence-electron chi connectivity index (χ1n) is 6.55. The Morgan fingerprint density at radius 1 is 1.00 bits per heavy atom. The van der Waals surface area contributed by atoms with Gasteiger partial charge in [0.1, 0.15) is 0 Å². The molecular weight excluding hydrogens is 216 g/mol. The Kier molecular flexibility index (Phi) is 5.15. The summed E-state index contributed by atoms with van der Waals surface area (Å²) in [4.78, 5) is 0. The van der Waals surface area contributed by atoms with Crippen LogP contribution in [-0.4, -0.2) is 0 Å². The Hall–Kier alpha value is -1.56. The molecule has 0 spiro atoms. The van der Waals surface area contributed by atoms with Gasteiger partial charge in [0.2, 0.25) is 0 Å². The zero-order valence-corrected chi connectivity index (χ0v) is 12.2. The van der Waals surface area contributed by atoms with E-state index in [0.29, 0.717) is 0 Å². The summed E-state index contributed by atoms with van der Waals surface area (Å²) in [5.74, 6) is 0. The zero-order valence-electron chi connectivity index (χ0n) is 12.2. The predicted molar refractivity (Wildman–Crippen MR) is 81.9 cm³/mol. The second-order valence-corrected chi connectivity index (χ2v) is 5.14. The summed E-state index contributed by atoms with van der Waals surface area (Å²) < 4.78 is 0. The van der Waals surface area contributed by atoms with E-state index in [0.717, 1.165) is 0 Å². The van der Waals surface area contributed by atoms with E-state index < -0.39 is 0 Å². The molecule has 0 saturated carbocycles. The van der Waals surface area contributed by atoms with Crippen molar-refractivity contribution in [3.8, 4) is 0 Å². The Balaban J connectivity index is 3.19. The van der Waals surface area contributed by atoms with Gasteiger partial charge in [-0.1, -0.05) is 74.1 Å². The summed E-state index contributed by atoms with van der Waals surface area (Å²) >= 11 is 0. The van der Waals surface area contributed by atoms with E-state index in [1.807, 2.05) is 6.92 Å². The van der Waals surface area contributed by atoms with Gasteiger partial charge in [0.25, 0.3) is 0 Å². The lowest BCUT2D eigenvalue weighted by atomic mass is 9.77. The SMILES string of the molecule is C\C=C/C(=C\C=C\C)C(C)(C)c1ccc(C)cc1. The highest BCUT2D eigenvalue weighted by atomic mass is 14.3. The van der Waals surface area contributed by atoms with Gasteiger partial charge in [-0.05, 0) is 31.9 Å². The number of benzene rings is 1. The van der Waals surface area contributed by atoms with Crippen LogP contribution in [0, 0.1) is 6.92 Å². The van der Waals surface area contributed by atoms with Crippen molar-refractivity contribution >= 4 is 0 Å². The highest BCUT2D eigenvalue weighted by Gasteiger charge is 2.23. The van der Waals surface area contributed by atoms with Gasteiger partial charge in [-0.15, -0.1) is 0 Å². The van der Waals surface area contributed by atoms with Gasteiger partial charge < -0.3 is 0 Å². The molecule has 0 radical (unpaired) electrons. The first kappa shape index (κ1) is 14.5. The number of aryl methyl sites for hydroxylation is 1. The van der Waals surface area contributed by atoms with Crippen molar-refractivity contribution < 1.29 is 0 Å². The molecule has 0 aliphatic heterocycles. The van der Waals surface area contributed by atoms with Crippen molar-refractivity contribution in [2.45, 2.75) is 40.0 Å². The normalized spacial score (nSPS) is 13.7. The molecule has 0 fully saturated rings. The van der Waals surface area contributed by atoms with E-state index in [4.69, 9.17) is 0 Å². The summed E-state index contributed by atoms with van der Waals surface area (Å²) in [6.07, 6.45) is 10.7. The summed E-state index contributed by atoms with van der Waals surface area (Å²) in [5.41, 5.74) is 4.01. The number of hydrogen-bond donors (Lipinski definition) is 0. The van der Waals surface area contributed by atoms with Crippen molar-refractivity contribution in [3.63, 3.8) is 0 Å². The van der Waals surface area contributed by atoms with E-state index in [-0.39, 0.29) is 5.41 Å². The van der Waals surface area contributed by atoms with Crippen LogP contribution in [0.25, 0.3) is 0 Å². The van der Waals surface area contributed by atoms with Crippen LogP contribution in [0.1, 0.15) is 38.8 Å². The standard InChI is InChI=1S/C18H24/c1-6-8-10-16(9-7-2)18(4,5)17-13-11-15(3)12-14-17/h6-14H,1-5H3/b8-6+,9-7-,16-10+. The minimum atomic E-state index is 0.0275. The summed E-state index contributed by atoms with van der Waals surface area (Å²) in [6.45, 7) is 10.8. The van der Waals surface area contributed by atoms with Gasteiger partial charge in [0, 0.05) is 5.41 Å². The molecule has 0 heteroatoms. The maximum absolute atomic E-state index is 2.27. The molecule has 0 heterocycles. The van der Waals surface area contributed by atoms with Gasteiger partial charge in [0.05, 0.1) is 0 Å². The second kappa shape index (κ2) is 6.39. The minimum absolute atomic E-state index is 0.0275. The molecule has 18 heavy (non-hydrogen) atoms. The molecule has 0 aliphatic carbocycles. The van der Waals surface area contributed by atoms with Crippen LogP contribution < -0.4 is 0 Å².